The number of carbonyl (C=O) groups excluding carboxylic acids is 1. The number of guanidine groups is 1. The average molecular weight is 503 g/mol. The molecule has 1 aliphatic rings. The molecule has 0 aromatic heterocycles. The van der Waals surface area contributed by atoms with Gasteiger partial charge in [0.2, 0.25) is 0 Å². The molecule has 1 saturated heterocycles. The number of hydrogen-bond acceptors (Lipinski definition) is 4. The zero-order chi connectivity index (χ0) is 19.3. The first kappa shape index (κ1) is 24.5. The smallest absolute Gasteiger partial charge is 0.411 e. The molecule has 0 atom stereocenters. The largest absolute Gasteiger partial charge is 0.453 e. The molecule has 8 heteroatoms. The minimum Gasteiger partial charge on any atom is -0.453 e. The molecular weight excluding hydrogens is 469 g/mol. The third kappa shape index (κ3) is 9.59. The lowest BCUT2D eigenvalue weighted by Crippen LogP contribution is -2.38. The lowest BCUT2D eigenvalue weighted by atomic mass is 10.2. The maximum atomic E-state index is 11.2. The van der Waals surface area contributed by atoms with E-state index in [0.717, 1.165) is 31.0 Å². The second kappa shape index (κ2) is 14.4. The summed E-state index contributed by atoms with van der Waals surface area (Å²) in [7, 11) is 3.13. The first-order valence-corrected chi connectivity index (χ1v) is 9.82. The Hall–Kier alpha value is -1.55. The highest BCUT2D eigenvalue weighted by Crippen LogP contribution is 2.10. The molecule has 0 bridgehead atoms. The van der Waals surface area contributed by atoms with Gasteiger partial charge in [-0.05, 0) is 56.6 Å². The fourth-order valence-corrected chi connectivity index (χ4v) is 3.15. The Kier molecular flexibility index (Phi) is 12.6. The maximum Gasteiger partial charge on any atom is 0.411 e. The molecule has 1 aromatic rings. The lowest BCUT2D eigenvalue weighted by molar-refractivity contribution is 0.187. The molecule has 0 spiro atoms. The predicted molar refractivity (Wildman–Crippen MR) is 126 cm³/mol. The van der Waals surface area contributed by atoms with Crippen LogP contribution in [0.3, 0.4) is 0 Å². The molecule has 28 heavy (non-hydrogen) atoms. The van der Waals surface area contributed by atoms with Gasteiger partial charge in [0.15, 0.2) is 5.96 Å². The average Bonchev–Trinajstić information content (AvgIpc) is 2.97. The van der Waals surface area contributed by atoms with E-state index in [4.69, 9.17) is 0 Å². The number of rotatable bonds is 7. The lowest BCUT2D eigenvalue weighted by Gasteiger charge is -2.20. The molecule has 0 radical (unpaired) electrons. The first-order valence-electron chi connectivity index (χ1n) is 9.82. The van der Waals surface area contributed by atoms with Crippen LogP contribution in [0.15, 0.2) is 29.3 Å². The van der Waals surface area contributed by atoms with E-state index < -0.39 is 6.09 Å². The standard InChI is InChI=1S/C20H33N5O2.HI/c1-21-19(22-12-7-15-25-13-5-3-4-6-14-25)23-16-17-8-10-18(11-9-17)24-20(26)27-2;/h8-11H,3-7,12-16H2,1-2H3,(H,24,26)(H2,21,22,23);1H. The first-order chi connectivity index (χ1) is 13.2. The summed E-state index contributed by atoms with van der Waals surface area (Å²) in [6.07, 6.45) is 6.09. The summed E-state index contributed by atoms with van der Waals surface area (Å²) in [5.74, 6) is 0.808. The molecular formula is C20H34IN5O2. The fourth-order valence-electron chi connectivity index (χ4n) is 3.15. The SMILES string of the molecule is CN=C(NCCCN1CCCCCC1)NCc1ccc(NC(=O)OC)cc1.I. The number of benzene rings is 1. The Morgan fingerprint density at radius 3 is 2.39 bits per heavy atom. The Balaban J connectivity index is 0.00000392. The number of hydrogen-bond donors (Lipinski definition) is 3. The molecule has 1 aliphatic heterocycles. The number of methoxy groups -OCH3 is 1. The number of nitrogens with one attached hydrogen (secondary N) is 3. The second-order valence-electron chi connectivity index (χ2n) is 6.78. The van der Waals surface area contributed by atoms with Crippen LogP contribution in [-0.4, -0.2) is 57.3 Å². The normalized spacial score (nSPS) is 15.1. The zero-order valence-electron chi connectivity index (χ0n) is 17.0. The van der Waals surface area contributed by atoms with Crippen molar-refractivity contribution in [3.63, 3.8) is 0 Å². The van der Waals surface area contributed by atoms with Gasteiger partial charge in [0.1, 0.15) is 0 Å². The minimum absolute atomic E-state index is 0. The van der Waals surface area contributed by atoms with Crippen LogP contribution >= 0.6 is 24.0 Å². The van der Waals surface area contributed by atoms with Gasteiger partial charge in [0.25, 0.3) is 0 Å². The summed E-state index contributed by atoms with van der Waals surface area (Å²) in [6, 6.07) is 7.63. The van der Waals surface area contributed by atoms with E-state index in [1.807, 2.05) is 24.3 Å². The van der Waals surface area contributed by atoms with Crippen LogP contribution in [-0.2, 0) is 11.3 Å². The van der Waals surface area contributed by atoms with Gasteiger partial charge in [-0.25, -0.2) is 4.79 Å². The number of anilines is 1. The van der Waals surface area contributed by atoms with Crippen molar-refractivity contribution in [2.75, 3.05) is 45.7 Å². The van der Waals surface area contributed by atoms with Crippen LogP contribution in [0.1, 0.15) is 37.7 Å². The molecule has 158 valence electrons. The highest BCUT2D eigenvalue weighted by molar-refractivity contribution is 14.0. The molecule has 3 N–H and O–H groups in total. The van der Waals surface area contributed by atoms with Gasteiger partial charge in [0, 0.05) is 25.8 Å². The Labute approximate surface area is 185 Å². The highest BCUT2D eigenvalue weighted by atomic mass is 127. The van der Waals surface area contributed by atoms with E-state index in [0.29, 0.717) is 12.2 Å². The van der Waals surface area contributed by atoms with Gasteiger partial charge < -0.3 is 20.3 Å². The number of aliphatic imine (C=N–C) groups is 1. The van der Waals surface area contributed by atoms with Gasteiger partial charge in [-0.15, -0.1) is 24.0 Å². The van der Waals surface area contributed by atoms with Crippen molar-refractivity contribution in [3.8, 4) is 0 Å². The van der Waals surface area contributed by atoms with Crippen LogP contribution in [0.2, 0.25) is 0 Å². The summed E-state index contributed by atoms with van der Waals surface area (Å²) in [5, 5.41) is 9.34. The number of likely N-dealkylation sites (tertiary alicyclic amines) is 1. The van der Waals surface area contributed by atoms with Crippen molar-refractivity contribution in [3.05, 3.63) is 29.8 Å². The van der Waals surface area contributed by atoms with Crippen LogP contribution in [0.4, 0.5) is 10.5 Å². The minimum atomic E-state index is -0.467. The molecule has 2 rings (SSSR count). The summed E-state index contributed by atoms with van der Waals surface area (Å²) >= 11 is 0. The van der Waals surface area contributed by atoms with E-state index in [-0.39, 0.29) is 24.0 Å². The van der Waals surface area contributed by atoms with E-state index in [9.17, 15) is 4.79 Å². The molecule has 0 saturated carbocycles. The number of amides is 1. The molecule has 1 aromatic carbocycles. The van der Waals surface area contributed by atoms with Gasteiger partial charge in [-0.1, -0.05) is 25.0 Å². The molecule has 1 heterocycles. The van der Waals surface area contributed by atoms with Crippen molar-refractivity contribution in [2.45, 2.75) is 38.6 Å². The van der Waals surface area contributed by atoms with Crippen LogP contribution in [0.25, 0.3) is 0 Å². The Morgan fingerprint density at radius 1 is 1.11 bits per heavy atom. The van der Waals surface area contributed by atoms with E-state index in [1.54, 1.807) is 7.05 Å². The molecule has 1 amide bonds. The van der Waals surface area contributed by atoms with Crippen molar-refractivity contribution in [2.24, 2.45) is 4.99 Å². The van der Waals surface area contributed by atoms with Crippen molar-refractivity contribution < 1.29 is 9.53 Å². The van der Waals surface area contributed by atoms with E-state index in [1.165, 1.54) is 45.9 Å². The summed E-state index contributed by atoms with van der Waals surface area (Å²) in [4.78, 5) is 18.0. The van der Waals surface area contributed by atoms with Crippen LogP contribution in [0, 0.1) is 0 Å². The summed E-state index contributed by atoms with van der Waals surface area (Å²) < 4.78 is 4.58. The monoisotopic (exact) mass is 503 g/mol. The molecule has 0 aliphatic carbocycles. The molecule has 1 fully saturated rings. The number of ether oxygens (including phenoxy) is 1. The van der Waals surface area contributed by atoms with Crippen molar-refractivity contribution >= 4 is 41.7 Å². The number of carbonyl (C=O) groups is 1. The summed E-state index contributed by atoms with van der Waals surface area (Å²) in [5.41, 5.74) is 1.82. The Bertz CT molecular complexity index is 587. The third-order valence-electron chi connectivity index (χ3n) is 4.71. The topological polar surface area (TPSA) is 78.0 Å². The van der Waals surface area contributed by atoms with Gasteiger partial charge >= 0.3 is 6.09 Å². The summed E-state index contributed by atoms with van der Waals surface area (Å²) in [6.45, 7) is 5.22. The zero-order valence-corrected chi connectivity index (χ0v) is 19.3. The maximum absolute atomic E-state index is 11.2. The fraction of sp³-hybridized carbons (Fsp3) is 0.600. The van der Waals surface area contributed by atoms with Crippen LogP contribution in [0.5, 0.6) is 0 Å². The third-order valence-corrected chi connectivity index (χ3v) is 4.71. The predicted octanol–water partition coefficient (Wildman–Crippen LogP) is 3.41. The van der Waals surface area contributed by atoms with Crippen LogP contribution < -0.4 is 16.0 Å². The van der Waals surface area contributed by atoms with Gasteiger partial charge in [-0.2, -0.15) is 0 Å². The Morgan fingerprint density at radius 2 is 1.79 bits per heavy atom. The van der Waals surface area contributed by atoms with E-state index in [2.05, 4.69) is 30.6 Å². The van der Waals surface area contributed by atoms with Gasteiger partial charge in [-0.3, -0.25) is 10.3 Å². The molecule has 7 nitrogen and oxygen atoms in total. The van der Waals surface area contributed by atoms with Crippen molar-refractivity contribution in [1.82, 2.24) is 15.5 Å². The second-order valence-corrected chi connectivity index (χ2v) is 6.78. The van der Waals surface area contributed by atoms with Gasteiger partial charge in [0.05, 0.1) is 7.11 Å². The molecule has 0 unspecified atom stereocenters. The van der Waals surface area contributed by atoms with Crippen molar-refractivity contribution in [1.29, 1.82) is 0 Å². The quantitative estimate of drug-likeness (QED) is 0.230. The number of nitrogens with zero attached hydrogens (tertiary/aromatic N) is 2. The van der Waals surface area contributed by atoms with E-state index >= 15 is 0 Å². The number of halogens is 1. The highest BCUT2D eigenvalue weighted by Gasteiger charge is 2.08.